The summed E-state index contributed by atoms with van der Waals surface area (Å²) in [4.78, 5) is 13.9. The Morgan fingerprint density at radius 3 is 2.71 bits per heavy atom. The number of hydrogen-bond donors (Lipinski definition) is 1. The molecule has 0 saturated heterocycles. The molecular weight excluding hydrogens is 279 g/mol. The standard InChI is InChI=1S/C11H12Cl2N2OS/c1-7-3-4-8(17-7)5-14-15-9(16)10(2)6-11(10,12)13/h3-5H,6H2,1-2H3,(H,15,16). The highest BCUT2D eigenvalue weighted by Gasteiger charge is 2.68. The number of hydrazone groups is 1. The minimum Gasteiger partial charge on any atom is -0.272 e. The highest BCUT2D eigenvalue weighted by atomic mass is 35.5. The number of amides is 1. The lowest BCUT2D eigenvalue weighted by Gasteiger charge is -2.08. The number of aryl methyl sites for hydroxylation is 1. The summed E-state index contributed by atoms with van der Waals surface area (Å²) in [5.41, 5.74) is 1.74. The molecule has 0 aromatic carbocycles. The third-order valence-electron chi connectivity index (χ3n) is 2.88. The Labute approximate surface area is 114 Å². The molecule has 0 bridgehead atoms. The van der Waals surface area contributed by atoms with Crippen LogP contribution in [0.2, 0.25) is 0 Å². The number of nitrogens with zero attached hydrogens (tertiary/aromatic N) is 1. The molecule has 1 aromatic heterocycles. The second kappa shape index (κ2) is 4.26. The van der Waals surface area contributed by atoms with E-state index in [0.29, 0.717) is 6.42 Å². The van der Waals surface area contributed by atoms with Gasteiger partial charge in [-0.2, -0.15) is 5.10 Å². The third-order valence-corrected chi connectivity index (χ3v) is 4.91. The number of thiophene rings is 1. The number of alkyl halides is 2. The number of rotatable bonds is 3. The zero-order chi connectivity index (χ0) is 12.7. The summed E-state index contributed by atoms with van der Waals surface area (Å²) in [6.45, 7) is 3.74. The number of halogens is 2. The Morgan fingerprint density at radius 2 is 2.24 bits per heavy atom. The predicted molar refractivity (Wildman–Crippen MR) is 72.0 cm³/mol. The van der Waals surface area contributed by atoms with Crippen LogP contribution < -0.4 is 5.43 Å². The Balaban J connectivity index is 1.91. The lowest BCUT2D eigenvalue weighted by molar-refractivity contribution is -0.125. The van der Waals surface area contributed by atoms with E-state index in [1.54, 1.807) is 24.5 Å². The number of nitrogens with one attached hydrogen (secondary N) is 1. The molecule has 2 rings (SSSR count). The summed E-state index contributed by atoms with van der Waals surface area (Å²) < 4.78 is -0.952. The van der Waals surface area contributed by atoms with E-state index in [1.807, 2.05) is 19.1 Å². The summed E-state index contributed by atoms with van der Waals surface area (Å²) >= 11 is 13.4. The van der Waals surface area contributed by atoms with Gasteiger partial charge in [0.05, 0.1) is 11.6 Å². The summed E-state index contributed by atoms with van der Waals surface area (Å²) in [5, 5.41) is 3.90. The molecule has 1 aliphatic carbocycles. The molecular formula is C11H12Cl2N2OS. The zero-order valence-corrected chi connectivity index (χ0v) is 11.8. The predicted octanol–water partition coefficient (Wildman–Crippen LogP) is 3.09. The molecule has 0 spiro atoms. The fraction of sp³-hybridized carbons (Fsp3) is 0.455. The highest BCUT2D eigenvalue weighted by molar-refractivity contribution is 7.13. The average Bonchev–Trinajstić information content (AvgIpc) is 2.58. The summed E-state index contributed by atoms with van der Waals surface area (Å²) in [5.74, 6) is -0.243. The van der Waals surface area contributed by atoms with E-state index in [-0.39, 0.29) is 5.91 Å². The van der Waals surface area contributed by atoms with E-state index in [0.717, 1.165) is 4.88 Å². The van der Waals surface area contributed by atoms with Gasteiger partial charge in [-0.3, -0.25) is 4.79 Å². The van der Waals surface area contributed by atoms with Crippen molar-refractivity contribution < 1.29 is 4.79 Å². The lowest BCUT2D eigenvalue weighted by Crippen LogP contribution is -2.29. The van der Waals surface area contributed by atoms with Crippen molar-refractivity contribution >= 4 is 46.7 Å². The van der Waals surface area contributed by atoms with Crippen LogP contribution in [0.3, 0.4) is 0 Å². The topological polar surface area (TPSA) is 41.5 Å². The molecule has 17 heavy (non-hydrogen) atoms. The van der Waals surface area contributed by atoms with Crippen LogP contribution in [-0.2, 0) is 4.79 Å². The molecule has 1 aromatic rings. The first kappa shape index (κ1) is 12.9. The number of carbonyl (C=O) groups is 1. The van der Waals surface area contributed by atoms with E-state index in [9.17, 15) is 4.79 Å². The van der Waals surface area contributed by atoms with Crippen LogP contribution in [0.4, 0.5) is 0 Å². The fourth-order valence-corrected chi connectivity index (χ4v) is 2.90. The highest BCUT2D eigenvalue weighted by Crippen LogP contribution is 2.63. The molecule has 1 N–H and O–H groups in total. The first-order valence-corrected chi connectivity index (χ1v) is 6.70. The van der Waals surface area contributed by atoms with Gasteiger partial charge in [0, 0.05) is 9.75 Å². The van der Waals surface area contributed by atoms with Crippen molar-refractivity contribution in [2.24, 2.45) is 10.5 Å². The smallest absolute Gasteiger partial charge is 0.249 e. The molecule has 1 atom stereocenters. The molecule has 6 heteroatoms. The van der Waals surface area contributed by atoms with Crippen molar-refractivity contribution in [1.29, 1.82) is 0 Å². The van der Waals surface area contributed by atoms with E-state index < -0.39 is 9.75 Å². The third kappa shape index (κ3) is 2.49. The number of carbonyl (C=O) groups excluding carboxylic acids is 1. The van der Waals surface area contributed by atoms with Gasteiger partial charge in [0.1, 0.15) is 4.33 Å². The van der Waals surface area contributed by atoms with E-state index in [2.05, 4.69) is 10.5 Å². The van der Waals surface area contributed by atoms with Crippen molar-refractivity contribution in [3.05, 3.63) is 21.9 Å². The molecule has 1 amide bonds. The molecule has 0 radical (unpaired) electrons. The fourth-order valence-electron chi connectivity index (χ4n) is 1.45. The SMILES string of the molecule is Cc1ccc(C=NNC(=O)C2(C)CC2(Cl)Cl)s1. The van der Waals surface area contributed by atoms with Crippen molar-refractivity contribution in [2.45, 2.75) is 24.6 Å². The molecule has 92 valence electrons. The van der Waals surface area contributed by atoms with Crippen LogP contribution >= 0.6 is 34.5 Å². The van der Waals surface area contributed by atoms with Gasteiger partial charge >= 0.3 is 0 Å². The Bertz CT molecular complexity index is 484. The van der Waals surface area contributed by atoms with E-state index in [1.165, 1.54) is 4.88 Å². The number of hydrogen-bond acceptors (Lipinski definition) is 3. The second-order valence-electron chi connectivity index (χ2n) is 4.36. The molecule has 1 aliphatic rings. The van der Waals surface area contributed by atoms with Crippen LogP contribution in [0, 0.1) is 12.3 Å². The zero-order valence-electron chi connectivity index (χ0n) is 9.46. The molecule has 0 aliphatic heterocycles. The van der Waals surface area contributed by atoms with Crippen LogP contribution in [-0.4, -0.2) is 16.5 Å². The maximum Gasteiger partial charge on any atom is 0.249 e. The molecule has 1 unspecified atom stereocenters. The molecule has 1 fully saturated rings. The van der Waals surface area contributed by atoms with Gasteiger partial charge < -0.3 is 0 Å². The van der Waals surface area contributed by atoms with E-state index >= 15 is 0 Å². The minimum absolute atomic E-state index is 0.243. The second-order valence-corrected chi connectivity index (χ2v) is 7.16. The van der Waals surface area contributed by atoms with Gasteiger partial charge in [0.25, 0.3) is 0 Å². The quantitative estimate of drug-likeness (QED) is 0.519. The van der Waals surface area contributed by atoms with Crippen LogP contribution in [0.25, 0.3) is 0 Å². The monoisotopic (exact) mass is 290 g/mol. The average molecular weight is 291 g/mol. The van der Waals surface area contributed by atoms with Crippen LogP contribution in [0.1, 0.15) is 23.1 Å². The van der Waals surface area contributed by atoms with Crippen molar-refractivity contribution in [3.8, 4) is 0 Å². The van der Waals surface area contributed by atoms with Gasteiger partial charge in [-0.05, 0) is 32.4 Å². The maximum atomic E-state index is 11.7. The van der Waals surface area contributed by atoms with Crippen molar-refractivity contribution in [3.63, 3.8) is 0 Å². The Kier molecular flexibility index (Phi) is 3.23. The van der Waals surface area contributed by atoms with Crippen LogP contribution in [0.5, 0.6) is 0 Å². The molecule has 1 saturated carbocycles. The van der Waals surface area contributed by atoms with E-state index in [4.69, 9.17) is 23.2 Å². The molecule has 3 nitrogen and oxygen atoms in total. The van der Waals surface area contributed by atoms with Gasteiger partial charge in [0.2, 0.25) is 5.91 Å². The summed E-state index contributed by atoms with van der Waals surface area (Å²) in [6.07, 6.45) is 2.08. The summed E-state index contributed by atoms with van der Waals surface area (Å²) in [7, 11) is 0. The largest absolute Gasteiger partial charge is 0.272 e. The van der Waals surface area contributed by atoms with Gasteiger partial charge in [-0.15, -0.1) is 34.5 Å². The van der Waals surface area contributed by atoms with Crippen LogP contribution in [0.15, 0.2) is 17.2 Å². The normalized spacial score (nSPS) is 26.1. The first-order valence-electron chi connectivity index (χ1n) is 5.13. The Hall–Kier alpha value is -0.580. The van der Waals surface area contributed by atoms with Crippen molar-refractivity contribution in [1.82, 2.24) is 5.43 Å². The van der Waals surface area contributed by atoms with Gasteiger partial charge in [0.15, 0.2) is 0 Å². The first-order chi connectivity index (χ1) is 7.85. The van der Waals surface area contributed by atoms with Crippen molar-refractivity contribution in [2.75, 3.05) is 0 Å². The summed E-state index contributed by atoms with van der Waals surface area (Å²) in [6, 6.07) is 3.94. The van der Waals surface area contributed by atoms with Gasteiger partial charge in [-0.1, -0.05) is 0 Å². The Morgan fingerprint density at radius 1 is 1.59 bits per heavy atom. The minimum atomic E-state index is -0.952. The van der Waals surface area contributed by atoms with Gasteiger partial charge in [-0.25, -0.2) is 5.43 Å². The molecule has 1 heterocycles. The lowest BCUT2D eigenvalue weighted by atomic mass is 10.1. The maximum absolute atomic E-state index is 11.7.